The Morgan fingerprint density at radius 3 is 2.45 bits per heavy atom. The number of nitrogens with zero attached hydrogens (tertiary/aromatic N) is 2. The Morgan fingerprint density at radius 1 is 1.21 bits per heavy atom. The first-order chi connectivity index (χ1) is 13.7. The number of halogens is 1. The van der Waals surface area contributed by atoms with Crippen molar-refractivity contribution in [2.45, 2.75) is 25.8 Å². The van der Waals surface area contributed by atoms with Gasteiger partial charge >= 0.3 is 0 Å². The van der Waals surface area contributed by atoms with E-state index in [0.717, 1.165) is 22.7 Å². The highest BCUT2D eigenvalue weighted by molar-refractivity contribution is 7.92. The fourth-order valence-corrected chi connectivity index (χ4v) is 4.67. The molecule has 0 bridgehead atoms. The molecule has 1 aliphatic rings. The first kappa shape index (κ1) is 21.1. The molecule has 9 heteroatoms. The predicted molar refractivity (Wildman–Crippen MR) is 115 cm³/mol. The molecule has 3 rings (SSSR count). The molecule has 1 saturated heterocycles. The maximum Gasteiger partial charge on any atom is 0.247 e. The van der Waals surface area contributed by atoms with Crippen molar-refractivity contribution >= 4 is 50.5 Å². The van der Waals surface area contributed by atoms with Crippen molar-refractivity contribution in [1.82, 2.24) is 0 Å². The quantitative estimate of drug-likeness (QED) is 0.754. The van der Waals surface area contributed by atoms with Gasteiger partial charge in [0.2, 0.25) is 21.8 Å². The zero-order valence-corrected chi connectivity index (χ0v) is 17.7. The molecule has 1 atom stereocenters. The van der Waals surface area contributed by atoms with Crippen molar-refractivity contribution in [3.63, 3.8) is 0 Å². The minimum atomic E-state index is -3.73. The molecule has 1 aliphatic heterocycles. The van der Waals surface area contributed by atoms with Gasteiger partial charge < -0.3 is 10.2 Å². The number of amides is 2. The Kier molecular flexibility index (Phi) is 6.14. The summed E-state index contributed by atoms with van der Waals surface area (Å²) in [6, 6.07) is 12.2. The van der Waals surface area contributed by atoms with Crippen molar-refractivity contribution in [2.75, 3.05) is 27.3 Å². The van der Waals surface area contributed by atoms with E-state index in [4.69, 9.17) is 11.6 Å². The topological polar surface area (TPSA) is 86.8 Å². The molecule has 0 saturated carbocycles. The van der Waals surface area contributed by atoms with E-state index in [0.29, 0.717) is 29.4 Å². The normalized spacial score (nSPS) is 15.3. The number of benzene rings is 2. The zero-order chi connectivity index (χ0) is 21.2. The van der Waals surface area contributed by atoms with Crippen LogP contribution >= 0.6 is 11.6 Å². The molecule has 7 nitrogen and oxygen atoms in total. The monoisotopic (exact) mass is 435 g/mol. The van der Waals surface area contributed by atoms with E-state index in [2.05, 4.69) is 5.32 Å². The molecule has 1 N–H and O–H groups in total. The third-order valence-electron chi connectivity index (χ3n) is 4.67. The minimum Gasteiger partial charge on any atom is -0.324 e. The Balaban J connectivity index is 1.77. The third-order valence-corrected chi connectivity index (χ3v) is 6.15. The van der Waals surface area contributed by atoms with Gasteiger partial charge in [0.1, 0.15) is 6.04 Å². The van der Waals surface area contributed by atoms with Crippen LogP contribution in [0.5, 0.6) is 0 Å². The van der Waals surface area contributed by atoms with Gasteiger partial charge in [0.05, 0.1) is 11.9 Å². The van der Waals surface area contributed by atoms with Gasteiger partial charge in [0.15, 0.2) is 0 Å². The summed E-state index contributed by atoms with van der Waals surface area (Å²) < 4.78 is 25.7. The number of carbonyl (C=O) groups is 2. The number of sulfonamides is 1. The Labute approximate surface area is 175 Å². The lowest BCUT2D eigenvalue weighted by Crippen LogP contribution is -2.45. The van der Waals surface area contributed by atoms with Gasteiger partial charge in [-0.3, -0.25) is 13.9 Å². The van der Waals surface area contributed by atoms with Gasteiger partial charge in [0, 0.05) is 29.4 Å². The van der Waals surface area contributed by atoms with Crippen LogP contribution in [0.1, 0.15) is 19.8 Å². The minimum absolute atomic E-state index is 0.0840. The third kappa shape index (κ3) is 4.89. The second-order valence-corrected chi connectivity index (χ2v) is 9.20. The summed E-state index contributed by atoms with van der Waals surface area (Å²) in [5.74, 6) is -0.402. The Bertz CT molecular complexity index is 1020. The summed E-state index contributed by atoms with van der Waals surface area (Å²) in [6.45, 7) is 2.19. The number of anilines is 3. The van der Waals surface area contributed by atoms with E-state index in [-0.39, 0.29) is 5.91 Å². The average molecular weight is 436 g/mol. The van der Waals surface area contributed by atoms with Crippen LogP contribution in [-0.2, 0) is 19.6 Å². The zero-order valence-electron chi connectivity index (χ0n) is 16.1. The van der Waals surface area contributed by atoms with E-state index in [1.165, 1.54) is 13.0 Å². The van der Waals surface area contributed by atoms with Crippen LogP contribution in [-0.4, -0.2) is 39.1 Å². The van der Waals surface area contributed by atoms with Crippen LogP contribution in [0.15, 0.2) is 48.5 Å². The molecule has 0 radical (unpaired) electrons. The second kappa shape index (κ2) is 8.42. The molecule has 2 aromatic carbocycles. The molecule has 1 heterocycles. The highest BCUT2D eigenvalue weighted by Crippen LogP contribution is 2.26. The SMILES string of the molecule is C[C@@H](C(=O)Nc1ccc(N2CCCC2=O)cc1)N(c1cccc(Cl)c1)S(C)(=O)=O. The van der Waals surface area contributed by atoms with Gasteiger partial charge in [0.25, 0.3) is 0 Å². The van der Waals surface area contributed by atoms with Crippen LogP contribution < -0.4 is 14.5 Å². The maximum atomic E-state index is 12.7. The molecule has 1 fully saturated rings. The van der Waals surface area contributed by atoms with Gasteiger partial charge in [-0.1, -0.05) is 17.7 Å². The van der Waals surface area contributed by atoms with Crippen LogP contribution in [0.2, 0.25) is 5.02 Å². The fraction of sp³-hybridized carbons (Fsp3) is 0.300. The molecule has 154 valence electrons. The molecular weight excluding hydrogens is 414 g/mol. The lowest BCUT2D eigenvalue weighted by atomic mass is 10.2. The van der Waals surface area contributed by atoms with Gasteiger partial charge in [-0.2, -0.15) is 0 Å². The molecule has 0 unspecified atom stereocenters. The van der Waals surface area contributed by atoms with Crippen LogP contribution in [0.3, 0.4) is 0 Å². The van der Waals surface area contributed by atoms with E-state index in [9.17, 15) is 18.0 Å². The molecule has 2 amide bonds. The Hall–Kier alpha value is -2.58. The number of rotatable bonds is 6. The summed E-state index contributed by atoms with van der Waals surface area (Å²) in [7, 11) is -3.73. The molecule has 0 aliphatic carbocycles. The Morgan fingerprint density at radius 2 is 1.90 bits per heavy atom. The molecule has 2 aromatic rings. The van der Waals surface area contributed by atoms with Crippen molar-refractivity contribution in [2.24, 2.45) is 0 Å². The average Bonchev–Trinajstić information content (AvgIpc) is 3.07. The van der Waals surface area contributed by atoms with Crippen molar-refractivity contribution in [1.29, 1.82) is 0 Å². The van der Waals surface area contributed by atoms with Crippen LogP contribution in [0.4, 0.5) is 17.1 Å². The molecule has 0 aromatic heterocycles. The van der Waals surface area contributed by atoms with Gasteiger partial charge in [-0.05, 0) is 55.8 Å². The standard InChI is InChI=1S/C20H22ClN3O4S/c1-14(24(29(2,27)28)18-6-3-5-15(21)13-18)20(26)22-16-8-10-17(11-9-16)23-12-4-7-19(23)25/h3,5-6,8-11,13-14H,4,7,12H2,1-2H3,(H,22,26)/t14-/m0/s1. The smallest absolute Gasteiger partial charge is 0.247 e. The number of hydrogen-bond acceptors (Lipinski definition) is 4. The number of nitrogens with one attached hydrogen (secondary N) is 1. The van der Waals surface area contributed by atoms with E-state index in [1.54, 1.807) is 47.4 Å². The largest absolute Gasteiger partial charge is 0.324 e. The van der Waals surface area contributed by atoms with Crippen molar-refractivity contribution in [3.8, 4) is 0 Å². The summed E-state index contributed by atoms with van der Waals surface area (Å²) in [5.41, 5.74) is 1.59. The number of hydrogen-bond donors (Lipinski definition) is 1. The van der Waals surface area contributed by atoms with E-state index >= 15 is 0 Å². The van der Waals surface area contributed by atoms with Crippen LogP contribution in [0, 0.1) is 0 Å². The highest BCUT2D eigenvalue weighted by Gasteiger charge is 2.29. The van der Waals surface area contributed by atoms with E-state index in [1.807, 2.05) is 0 Å². The number of carbonyl (C=O) groups excluding carboxylic acids is 2. The summed E-state index contributed by atoms with van der Waals surface area (Å²) >= 11 is 5.98. The molecule has 29 heavy (non-hydrogen) atoms. The molecule has 0 spiro atoms. The first-order valence-corrected chi connectivity index (χ1v) is 11.4. The first-order valence-electron chi connectivity index (χ1n) is 9.13. The van der Waals surface area contributed by atoms with Crippen molar-refractivity contribution < 1.29 is 18.0 Å². The van der Waals surface area contributed by atoms with Crippen molar-refractivity contribution in [3.05, 3.63) is 53.6 Å². The summed E-state index contributed by atoms with van der Waals surface area (Å²) in [6.07, 6.45) is 2.42. The lowest BCUT2D eigenvalue weighted by molar-refractivity contribution is -0.117. The summed E-state index contributed by atoms with van der Waals surface area (Å²) in [4.78, 5) is 26.3. The second-order valence-electron chi connectivity index (χ2n) is 6.90. The predicted octanol–water partition coefficient (Wildman–Crippen LogP) is 3.26. The highest BCUT2D eigenvalue weighted by atomic mass is 35.5. The fourth-order valence-electron chi connectivity index (χ4n) is 3.31. The lowest BCUT2D eigenvalue weighted by Gasteiger charge is -2.28. The van der Waals surface area contributed by atoms with E-state index < -0.39 is 22.0 Å². The van der Waals surface area contributed by atoms with Gasteiger partial charge in [-0.25, -0.2) is 8.42 Å². The maximum absolute atomic E-state index is 12.7. The molecular formula is C20H22ClN3O4S. The summed E-state index contributed by atoms with van der Waals surface area (Å²) in [5, 5.41) is 3.10. The van der Waals surface area contributed by atoms with Crippen LogP contribution in [0.25, 0.3) is 0 Å². The van der Waals surface area contributed by atoms with Gasteiger partial charge in [-0.15, -0.1) is 0 Å².